The first kappa shape index (κ1) is 13.9. The van der Waals surface area contributed by atoms with Crippen molar-refractivity contribution in [2.75, 3.05) is 38.8 Å². The molecule has 0 aliphatic rings. The van der Waals surface area contributed by atoms with Crippen molar-refractivity contribution in [2.24, 2.45) is 0 Å². The summed E-state index contributed by atoms with van der Waals surface area (Å²) in [6, 6.07) is 0. The fourth-order valence-corrected chi connectivity index (χ4v) is 1.33. The maximum absolute atomic E-state index is 5.36. The molecule has 0 aliphatic carbocycles. The van der Waals surface area contributed by atoms with E-state index in [0.717, 1.165) is 36.8 Å². The summed E-state index contributed by atoms with van der Waals surface area (Å²) < 4.78 is 10.3. The minimum absolute atomic E-state index is 0.649. The number of nitrogens with zero attached hydrogens (tertiary/aromatic N) is 2. The minimum atomic E-state index is 0.649. The van der Waals surface area contributed by atoms with Gasteiger partial charge in [-0.25, -0.2) is 4.98 Å². The average Bonchev–Trinajstić information content (AvgIpc) is 2.32. The van der Waals surface area contributed by atoms with Gasteiger partial charge in [0, 0.05) is 26.5 Å². The third kappa shape index (κ3) is 5.60. The number of nitrogens with one attached hydrogen (secondary N) is 1. The molecule has 5 nitrogen and oxygen atoms in total. The third-order valence-electron chi connectivity index (χ3n) is 2.27. The smallest absolute Gasteiger partial charge is 0.147 e. The summed E-state index contributed by atoms with van der Waals surface area (Å²) >= 11 is 0. The number of aryl methyl sites for hydroxylation is 2. The van der Waals surface area contributed by atoms with Crippen molar-refractivity contribution in [1.29, 1.82) is 0 Å². The van der Waals surface area contributed by atoms with E-state index in [1.165, 1.54) is 0 Å². The molecule has 0 amide bonds. The molecule has 1 aromatic heterocycles. The lowest BCUT2D eigenvalue weighted by molar-refractivity contribution is 0.0705. The van der Waals surface area contributed by atoms with Crippen LogP contribution in [0.15, 0.2) is 6.20 Å². The molecule has 1 N–H and O–H groups in total. The molecular formula is C12H21N3O2. The van der Waals surface area contributed by atoms with E-state index >= 15 is 0 Å². The molecule has 0 radical (unpaired) electrons. The Morgan fingerprint density at radius 1 is 1.24 bits per heavy atom. The Morgan fingerprint density at radius 3 is 2.82 bits per heavy atom. The van der Waals surface area contributed by atoms with Gasteiger partial charge in [-0.15, -0.1) is 0 Å². The summed E-state index contributed by atoms with van der Waals surface area (Å²) in [6.45, 7) is 6.76. The van der Waals surface area contributed by atoms with Crippen LogP contribution in [0.1, 0.15) is 17.8 Å². The summed E-state index contributed by atoms with van der Waals surface area (Å²) in [6.07, 6.45) is 2.72. The summed E-state index contributed by atoms with van der Waals surface area (Å²) in [7, 11) is 1.67. The molecule has 1 heterocycles. The molecule has 5 heteroatoms. The second kappa shape index (κ2) is 7.97. The van der Waals surface area contributed by atoms with Crippen LogP contribution in [-0.2, 0) is 9.47 Å². The molecular weight excluding hydrogens is 218 g/mol. The van der Waals surface area contributed by atoms with Crippen LogP contribution >= 0.6 is 0 Å². The largest absolute Gasteiger partial charge is 0.382 e. The Morgan fingerprint density at radius 2 is 2.06 bits per heavy atom. The number of rotatable bonds is 8. The van der Waals surface area contributed by atoms with E-state index in [1.807, 2.05) is 13.8 Å². The monoisotopic (exact) mass is 239 g/mol. The van der Waals surface area contributed by atoms with Crippen molar-refractivity contribution in [3.63, 3.8) is 0 Å². The van der Waals surface area contributed by atoms with Crippen LogP contribution in [0.3, 0.4) is 0 Å². The summed E-state index contributed by atoms with van der Waals surface area (Å²) in [5.41, 5.74) is 1.85. The second-order valence-corrected chi connectivity index (χ2v) is 3.83. The normalized spacial score (nSPS) is 10.5. The van der Waals surface area contributed by atoms with Gasteiger partial charge in [-0.05, 0) is 20.3 Å². The van der Waals surface area contributed by atoms with Crippen LogP contribution < -0.4 is 5.32 Å². The number of hydrogen-bond acceptors (Lipinski definition) is 5. The average molecular weight is 239 g/mol. The van der Waals surface area contributed by atoms with Gasteiger partial charge in [0.05, 0.1) is 24.6 Å². The predicted molar refractivity (Wildman–Crippen MR) is 67.3 cm³/mol. The Labute approximate surface area is 103 Å². The molecule has 0 fully saturated rings. The van der Waals surface area contributed by atoms with Gasteiger partial charge in [-0.2, -0.15) is 0 Å². The highest BCUT2D eigenvalue weighted by molar-refractivity contribution is 5.39. The molecule has 0 saturated carbocycles. The molecule has 1 rings (SSSR count). The number of ether oxygens (including phenoxy) is 2. The molecule has 0 atom stereocenters. The standard InChI is InChI=1S/C12H21N3O2/c1-10-9-14-11(2)12(15-10)13-5-4-6-17-8-7-16-3/h9H,4-8H2,1-3H3,(H,13,15). The Hall–Kier alpha value is -1.20. The Bertz CT molecular complexity index is 332. The van der Waals surface area contributed by atoms with Gasteiger partial charge in [0.2, 0.25) is 0 Å². The van der Waals surface area contributed by atoms with Crippen LogP contribution in [-0.4, -0.2) is 43.4 Å². The predicted octanol–water partition coefficient (Wildman–Crippen LogP) is 1.56. The van der Waals surface area contributed by atoms with Gasteiger partial charge in [0.15, 0.2) is 0 Å². The lowest BCUT2D eigenvalue weighted by Gasteiger charge is -2.08. The molecule has 0 unspecified atom stereocenters. The van der Waals surface area contributed by atoms with E-state index in [0.29, 0.717) is 13.2 Å². The molecule has 0 aliphatic heterocycles. The van der Waals surface area contributed by atoms with Crippen LogP contribution in [0.5, 0.6) is 0 Å². The van der Waals surface area contributed by atoms with Crippen LogP contribution in [0.2, 0.25) is 0 Å². The Kier molecular flexibility index (Phi) is 6.50. The molecule has 0 bridgehead atoms. The first-order valence-corrected chi connectivity index (χ1v) is 5.85. The minimum Gasteiger partial charge on any atom is -0.382 e. The topological polar surface area (TPSA) is 56.3 Å². The highest BCUT2D eigenvalue weighted by atomic mass is 16.5. The van der Waals surface area contributed by atoms with Gasteiger partial charge in [-0.3, -0.25) is 4.98 Å². The van der Waals surface area contributed by atoms with Gasteiger partial charge >= 0.3 is 0 Å². The van der Waals surface area contributed by atoms with E-state index < -0.39 is 0 Å². The zero-order valence-corrected chi connectivity index (χ0v) is 10.8. The van der Waals surface area contributed by atoms with Crippen molar-refractivity contribution in [1.82, 2.24) is 9.97 Å². The van der Waals surface area contributed by atoms with Crippen molar-refractivity contribution < 1.29 is 9.47 Å². The quantitative estimate of drug-likeness (QED) is 0.698. The maximum Gasteiger partial charge on any atom is 0.147 e. The number of methoxy groups -OCH3 is 1. The number of aromatic nitrogens is 2. The van der Waals surface area contributed by atoms with E-state index in [1.54, 1.807) is 13.3 Å². The molecule has 0 aromatic carbocycles. The van der Waals surface area contributed by atoms with Gasteiger partial charge < -0.3 is 14.8 Å². The lowest BCUT2D eigenvalue weighted by atomic mass is 10.4. The molecule has 1 aromatic rings. The van der Waals surface area contributed by atoms with E-state index in [-0.39, 0.29) is 0 Å². The Balaban J connectivity index is 2.15. The van der Waals surface area contributed by atoms with Crippen molar-refractivity contribution >= 4 is 5.82 Å². The van der Waals surface area contributed by atoms with Crippen LogP contribution in [0, 0.1) is 13.8 Å². The second-order valence-electron chi connectivity index (χ2n) is 3.83. The van der Waals surface area contributed by atoms with E-state index in [9.17, 15) is 0 Å². The summed E-state index contributed by atoms with van der Waals surface area (Å²) in [5, 5.41) is 3.26. The first-order valence-electron chi connectivity index (χ1n) is 5.85. The van der Waals surface area contributed by atoms with Crippen molar-refractivity contribution in [3.8, 4) is 0 Å². The summed E-state index contributed by atoms with van der Waals surface area (Å²) in [5.74, 6) is 0.863. The fraction of sp³-hybridized carbons (Fsp3) is 0.667. The zero-order chi connectivity index (χ0) is 12.5. The first-order chi connectivity index (χ1) is 8.24. The zero-order valence-electron chi connectivity index (χ0n) is 10.8. The maximum atomic E-state index is 5.36. The molecule has 96 valence electrons. The van der Waals surface area contributed by atoms with Gasteiger partial charge in [0.25, 0.3) is 0 Å². The van der Waals surface area contributed by atoms with E-state index in [2.05, 4.69) is 15.3 Å². The van der Waals surface area contributed by atoms with Crippen LogP contribution in [0.4, 0.5) is 5.82 Å². The highest BCUT2D eigenvalue weighted by Gasteiger charge is 2.00. The van der Waals surface area contributed by atoms with Gasteiger partial charge in [-0.1, -0.05) is 0 Å². The SMILES string of the molecule is COCCOCCCNc1nc(C)cnc1C. The van der Waals surface area contributed by atoms with Gasteiger partial charge in [0.1, 0.15) is 5.82 Å². The third-order valence-corrected chi connectivity index (χ3v) is 2.27. The number of anilines is 1. The molecule has 17 heavy (non-hydrogen) atoms. The fourth-order valence-electron chi connectivity index (χ4n) is 1.33. The summed E-state index contributed by atoms with van der Waals surface area (Å²) in [4.78, 5) is 8.63. The van der Waals surface area contributed by atoms with Crippen LogP contribution in [0.25, 0.3) is 0 Å². The highest BCUT2D eigenvalue weighted by Crippen LogP contribution is 2.08. The van der Waals surface area contributed by atoms with E-state index in [4.69, 9.17) is 9.47 Å². The molecule has 0 spiro atoms. The van der Waals surface area contributed by atoms with Crippen molar-refractivity contribution in [3.05, 3.63) is 17.6 Å². The molecule has 0 saturated heterocycles. The lowest BCUT2D eigenvalue weighted by Crippen LogP contribution is -2.10. The number of hydrogen-bond donors (Lipinski definition) is 1. The van der Waals surface area contributed by atoms with Crippen molar-refractivity contribution in [2.45, 2.75) is 20.3 Å².